The summed E-state index contributed by atoms with van der Waals surface area (Å²) >= 11 is 0. The van der Waals surface area contributed by atoms with Gasteiger partial charge in [0.2, 0.25) is 0 Å². The summed E-state index contributed by atoms with van der Waals surface area (Å²) in [5.74, 6) is -1.51. The van der Waals surface area contributed by atoms with Crippen LogP contribution in [0.15, 0.2) is 48.7 Å². The maximum absolute atomic E-state index is 13.5. The van der Waals surface area contributed by atoms with Crippen LogP contribution in [0.25, 0.3) is 0 Å². The fourth-order valence-corrected chi connectivity index (χ4v) is 3.82. The standard InChI is InChI=1S/C24H25F2N5O2/c1-15-8-19(2-3-22(15)31-4-6-33-7-5-31)30-23-12-21(20(14-29-23)24(27)32)28-13-16-9-17(25)11-18(26)10-16/h2-3,8-12,14H,4-7,13H2,1H3,(H2,27,32)(H2,28,29,30). The molecule has 1 aromatic heterocycles. The maximum atomic E-state index is 13.5. The summed E-state index contributed by atoms with van der Waals surface area (Å²) < 4.78 is 32.4. The molecule has 2 aromatic carbocycles. The second-order valence-corrected chi connectivity index (χ2v) is 7.84. The predicted molar refractivity (Wildman–Crippen MR) is 124 cm³/mol. The molecule has 33 heavy (non-hydrogen) atoms. The zero-order valence-corrected chi connectivity index (χ0v) is 18.2. The van der Waals surface area contributed by atoms with Crippen LogP contribution in [0.2, 0.25) is 0 Å². The first-order valence-electron chi connectivity index (χ1n) is 10.6. The van der Waals surface area contributed by atoms with Gasteiger partial charge in [0.1, 0.15) is 17.5 Å². The zero-order chi connectivity index (χ0) is 23.4. The van der Waals surface area contributed by atoms with E-state index in [2.05, 4.69) is 26.6 Å². The molecule has 0 atom stereocenters. The molecule has 1 saturated heterocycles. The van der Waals surface area contributed by atoms with Gasteiger partial charge in [0.25, 0.3) is 5.91 Å². The molecule has 0 radical (unpaired) electrons. The van der Waals surface area contributed by atoms with E-state index in [9.17, 15) is 13.6 Å². The highest BCUT2D eigenvalue weighted by molar-refractivity contribution is 5.98. The van der Waals surface area contributed by atoms with Crippen molar-refractivity contribution in [1.82, 2.24) is 4.98 Å². The van der Waals surface area contributed by atoms with Crippen molar-refractivity contribution in [2.75, 3.05) is 41.8 Å². The van der Waals surface area contributed by atoms with Crippen molar-refractivity contribution in [3.8, 4) is 0 Å². The number of morpholine rings is 1. The van der Waals surface area contributed by atoms with E-state index in [0.29, 0.717) is 30.3 Å². The number of hydrogen-bond donors (Lipinski definition) is 3. The zero-order valence-electron chi connectivity index (χ0n) is 18.2. The Morgan fingerprint density at radius 2 is 1.85 bits per heavy atom. The number of nitrogens with zero attached hydrogens (tertiary/aromatic N) is 2. The smallest absolute Gasteiger partial charge is 0.252 e. The molecule has 2 heterocycles. The van der Waals surface area contributed by atoms with Crippen molar-refractivity contribution in [2.45, 2.75) is 13.5 Å². The Kier molecular flexibility index (Phi) is 6.69. The molecule has 7 nitrogen and oxygen atoms in total. The largest absolute Gasteiger partial charge is 0.380 e. The highest BCUT2D eigenvalue weighted by Crippen LogP contribution is 2.27. The van der Waals surface area contributed by atoms with Crippen molar-refractivity contribution in [3.05, 3.63) is 77.0 Å². The number of carbonyl (C=O) groups is 1. The van der Waals surface area contributed by atoms with Gasteiger partial charge in [-0.3, -0.25) is 4.79 Å². The molecule has 3 aromatic rings. The molecular weight excluding hydrogens is 428 g/mol. The average molecular weight is 453 g/mol. The van der Waals surface area contributed by atoms with Gasteiger partial charge in [0.05, 0.1) is 24.5 Å². The molecule has 0 saturated carbocycles. The second-order valence-electron chi connectivity index (χ2n) is 7.84. The molecule has 0 bridgehead atoms. The molecule has 172 valence electrons. The van der Waals surface area contributed by atoms with Gasteiger partial charge < -0.3 is 26.0 Å². The number of primary amides is 1. The van der Waals surface area contributed by atoms with E-state index >= 15 is 0 Å². The Morgan fingerprint density at radius 1 is 1.12 bits per heavy atom. The molecule has 1 amide bonds. The maximum Gasteiger partial charge on any atom is 0.252 e. The number of carbonyl (C=O) groups excluding carboxylic acids is 1. The fraction of sp³-hybridized carbons (Fsp3) is 0.250. The van der Waals surface area contributed by atoms with Crippen molar-refractivity contribution in [1.29, 1.82) is 0 Å². The van der Waals surface area contributed by atoms with Crippen molar-refractivity contribution < 1.29 is 18.3 Å². The van der Waals surface area contributed by atoms with Gasteiger partial charge in [0, 0.05) is 49.3 Å². The Balaban J connectivity index is 1.52. The predicted octanol–water partition coefficient (Wildman–Crippen LogP) is 3.96. The number of nitrogens with two attached hydrogens (primary N) is 1. The summed E-state index contributed by atoms with van der Waals surface area (Å²) in [5.41, 5.74) is 9.55. The summed E-state index contributed by atoms with van der Waals surface area (Å²) in [7, 11) is 0. The molecule has 0 spiro atoms. The SMILES string of the molecule is Cc1cc(Nc2cc(NCc3cc(F)cc(F)c3)c(C(N)=O)cn2)ccc1N1CCOCC1. The number of aromatic nitrogens is 1. The lowest BCUT2D eigenvalue weighted by Crippen LogP contribution is -2.36. The Morgan fingerprint density at radius 3 is 2.52 bits per heavy atom. The summed E-state index contributed by atoms with van der Waals surface area (Å²) in [6, 6.07) is 10.9. The van der Waals surface area contributed by atoms with E-state index in [4.69, 9.17) is 10.5 Å². The van der Waals surface area contributed by atoms with Gasteiger partial charge in [-0.2, -0.15) is 0 Å². The summed E-state index contributed by atoms with van der Waals surface area (Å²) in [6.07, 6.45) is 1.37. The topological polar surface area (TPSA) is 92.5 Å². The third-order valence-electron chi connectivity index (χ3n) is 5.40. The first-order valence-corrected chi connectivity index (χ1v) is 10.6. The normalized spacial score (nSPS) is 13.6. The highest BCUT2D eigenvalue weighted by atomic mass is 19.1. The van der Waals surface area contributed by atoms with Crippen LogP contribution in [0, 0.1) is 18.6 Å². The van der Waals surface area contributed by atoms with E-state index in [1.54, 1.807) is 6.07 Å². The van der Waals surface area contributed by atoms with Crippen LogP contribution >= 0.6 is 0 Å². The van der Waals surface area contributed by atoms with Gasteiger partial charge in [-0.25, -0.2) is 13.8 Å². The van der Waals surface area contributed by atoms with Crippen molar-refractivity contribution >= 4 is 28.8 Å². The van der Waals surface area contributed by atoms with Crippen LogP contribution in [0.3, 0.4) is 0 Å². The Bertz CT molecular complexity index is 1150. The molecule has 9 heteroatoms. The third kappa shape index (κ3) is 5.56. The number of benzene rings is 2. The molecule has 0 aliphatic carbocycles. The number of amides is 1. The minimum absolute atomic E-state index is 0.103. The average Bonchev–Trinajstić information content (AvgIpc) is 2.78. The highest BCUT2D eigenvalue weighted by Gasteiger charge is 2.14. The molecule has 1 aliphatic rings. The van der Waals surface area contributed by atoms with E-state index in [1.807, 2.05) is 19.1 Å². The first kappa shape index (κ1) is 22.5. The molecule has 4 rings (SSSR count). The number of hydrogen-bond acceptors (Lipinski definition) is 6. The molecular formula is C24H25F2N5O2. The number of rotatable bonds is 7. The van der Waals surface area contributed by atoms with Crippen LogP contribution in [-0.4, -0.2) is 37.2 Å². The first-order chi connectivity index (χ1) is 15.9. The summed E-state index contributed by atoms with van der Waals surface area (Å²) in [6.45, 7) is 5.29. The fourth-order valence-electron chi connectivity index (χ4n) is 3.82. The van der Waals surface area contributed by atoms with Crippen molar-refractivity contribution in [2.24, 2.45) is 5.73 Å². The Labute approximate surface area is 190 Å². The molecule has 1 aliphatic heterocycles. The van der Waals surface area contributed by atoms with E-state index in [1.165, 1.54) is 18.3 Å². The van der Waals surface area contributed by atoms with Gasteiger partial charge in [-0.05, 0) is 48.4 Å². The lowest BCUT2D eigenvalue weighted by molar-refractivity contribution is 0.100. The summed E-state index contributed by atoms with van der Waals surface area (Å²) in [4.78, 5) is 18.4. The number of aryl methyl sites for hydroxylation is 1. The molecule has 0 unspecified atom stereocenters. The number of ether oxygens (including phenoxy) is 1. The molecule has 1 fully saturated rings. The minimum atomic E-state index is -0.671. The van der Waals surface area contributed by atoms with Crippen molar-refractivity contribution in [3.63, 3.8) is 0 Å². The Hall–Kier alpha value is -3.72. The van der Waals surface area contributed by atoms with Crippen LogP contribution in [0.1, 0.15) is 21.5 Å². The van der Waals surface area contributed by atoms with Crippen LogP contribution < -0.4 is 21.3 Å². The minimum Gasteiger partial charge on any atom is -0.380 e. The van der Waals surface area contributed by atoms with Gasteiger partial charge in [-0.15, -0.1) is 0 Å². The van der Waals surface area contributed by atoms with Gasteiger partial charge in [0.15, 0.2) is 0 Å². The van der Waals surface area contributed by atoms with Crippen LogP contribution in [0.5, 0.6) is 0 Å². The number of halogens is 2. The van der Waals surface area contributed by atoms with Gasteiger partial charge in [-0.1, -0.05) is 0 Å². The van der Waals surface area contributed by atoms with E-state index < -0.39 is 17.5 Å². The number of anilines is 4. The van der Waals surface area contributed by atoms with Gasteiger partial charge >= 0.3 is 0 Å². The third-order valence-corrected chi connectivity index (χ3v) is 5.40. The van der Waals surface area contributed by atoms with Crippen LogP contribution in [0.4, 0.5) is 31.7 Å². The quantitative estimate of drug-likeness (QED) is 0.502. The van der Waals surface area contributed by atoms with E-state index in [-0.39, 0.29) is 12.1 Å². The number of nitrogens with one attached hydrogen (secondary N) is 2. The molecule has 4 N–H and O–H groups in total. The lowest BCUT2D eigenvalue weighted by atomic mass is 10.1. The number of pyridine rings is 1. The monoisotopic (exact) mass is 453 g/mol. The lowest BCUT2D eigenvalue weighted by Gasteiger charge is -2.30. The van der Waals surface area contributed by atoms with Crippen LogP contribution in [-0.2, 0) is 11.3 Å². The second kappa shape index (κ2) is 9.83. The summed E-state index contributed by atoms with van der Waals surface area (Å²) in [5, 5.41) is 6.25. The van der Waals surface area contributed by atoms with E-state index in [0.717, 1.165) is 36.1 Å².